The third kappa shape index (κ3) is 4.13. The lowest BCUT2D eigenvalue weighted by atomic mass is 9.88. The molecule has 1 aliphatic heterocycles. The Morgan fingerprint density at radius 3 is 2.82 bits per heavy atom. The molecule has 0 unspecified atom stereocenters. The van der Waals surface area contributed by atoms with Crippen molar-refractivity contribution in [2.24, 2.45) is 5.41 Å². The minimum absolute atomic E-state index is 0.0204. The number of amides is 2. The molecule has 2 atom stereocenters. The van der Waals surface area contributed by atoms with Gasteiger partial charge >= 0.3 is 6.03 Å². The van der Waals surface area contributed by atoms with Crippen LogP contribution in [0.1, 0.15) is 39.4 Å². The molecule has 2 N–H and O–H groups in total. The maximum atomic E-state index is 12.4. The van der Waals surface area contributed by atoms with Crippen molar-refractivity contribution in [3.8, 4) is 5.75 Å². The number of nitrogens with one attached hydrogen (secondary N) is 1. The summed E-state index contributed by atoms with van der Waals surface area (Å²) in [6, 6.07) is 7.03. The highest BCUT2D eigenvalue weighted by molar-refractivity contribution is 5.74. The summed E-state index contributed by atoms with van der Waals surface area (Å²) in [5.74, 6) is 0.212. The van der Waals surface area contributed by atoms with Crippen molar-refractivity contribution in [2.75, 3.05) is 19.7 Å². The fraction of sp³-hybridized carbons (Fsp3) is 0.588. The standard InChI is InChI=1S/C17H26N2O3/c1-12(17(2,3)4)18-16(21)19-8-9-22-15(11-19)13-6-5-7-14(20)10-13/h5-7,10,12,15,20H,8-9,11H2,1-4H3,(H,18,21)/t12-,15+/m0/s1. The fourth-order valence-corrected chi connectivity index (χ4v) is 2.25. The number of ether oxygens (including phenoxy) is 1. The third-order valence-electron chi connectivity index (χ3n) is 4.23. The number of carbonyl (C=O) groups excluding carboxylic acids is 1. The van der Waals surface area contributed by atoms with E-state index < -0.39 is 0 Å². The normalized spacial score (nSPS) is 20.5. The molecule has 122 valence electrons. The molecule has 5 nitrogen and oxygen atoms in total. The van der Waals surface area contributed by atoms with Crippen LogP contribution in [0.15, 0.2) is 24.3 Å². The number of carbonyl (C=O) groups is 1. The molecule has 2 rings (SSSR count). The van der Waals surface area contributed by atoms with E-state index in [9.17, 15) is 9.90 Å². The average molecular weight is 306 g/mol. The van der Waals surface area contributed by atoms with E-state index in [2.05, 4.69) is 26.1 Å². The van der Waals surface area contributed by atoms with Gasteiger partial charge in [0.05, 0.1) is 13.2 Å². The van der Waals surface area contributed by atoms with Crippen LogP contribution in [0.2, 0.25) is 0 Å². The Kier molecular flexibility index (Phi) is 4.96. The van der Waals surface area contributed by atoms with Gasteiger partial charge in [-0.3, -0.25) is 0 Å². The molecule has 5 heteroatoms. The number of hydrogen-bond acceptors (Lipinski definition) is 3. The second-order valence-corrected chi connectivity index (χ2v) is 6.94. The number of phenols is 1. The molecular weight excluding hydrogens is 280 g/mol. The van der Waals surface area contributed by atoms with Gasteiger partial charge in [-0.2, -0.15) is 0 Å². The van der Waals surface area contributed by atoms with Crippen LogP contribution in [0.5, 0.6) is 5.75 Å². The summed E-state index contributed by atoms with van der Waals surface area (Å²) in [5, 5.41) is 12.6. The topological polar surface area (TPSA) is 61.8 Å². The van der Waals surface area contributed by atoms with Crippen molar-refractivity contribution in [3.05, 3.63) is 29.8 Å². The molecule has 1 heterocycles. The van der Waals surface area contributed by atoms with Gasteiger partial charge in [0, 0.05) is 12.6 Å². The summed E-state index contributed by atoms with van der Waals surface area (Å²) in [5.41, 5.74) is 0.911. The maximum absolute atomic E-state index is 12.4. The monoisotopic (exact) mass is 306 g/mol. The molecule has 0 aromatic heterocycles. The number of nitrogens with zero attached hydrogens (tertiary/aromatic N) is 1. The van der Waals surface area contributed by atoms with Gasteiger partial charge < -0.3 is 20.1 Å². The zero-order valence-electron chi connectivity index (χ0n) is 13.8. The van der Waals surface area contributed by atoms with Crippen molar-refractivity contribution in [1.82, 2.24) is 10.2 Å². The average Bonchev–Trinajstić information content (AvgIpc) is 2.46. The van der Waals surface area contributed by atoms with E-state index in [1.165, 1.54) is 0 Å². The lowest BCUT2D eigenvalue weighted by molar-refractivity contribution is -0.0162. The first-order valence-corrected chi connectivity index (χ1v) is 7.73. The summed E-state index contributed by atoms with van der Waals surface area (Å²) in [7, 11) is 0. The summed E-state index contributed by atoms with van der Waals surface area (Å²) in [6.07, 6.45) is -0.198. The highest BCUT2D eigenvalue weighted by Gasteiger charge is 2.28. The van der Waals surface area contributed by atoms with Crippen molar-refractivity contribution in [1.29, 1.82) is 0 Å². The largest absolute Gasteiger partial charge is 0.508 e. The van der Waals surface area contributed by atoms with Crippen molar-refractivity contribution < 1.29 is 14.6 Å². The van der Waals surface area contributed by atoms with Gasteiger partial charge in [-0.1, -0.05) is 32.9 Å². The highest BCUT2D eigenvalue weighted by atomic mass is 16.5. The van der Waals surface area contributed by atoms with Crippen LogP contribution in [0.3, 0.4) is 0 Å². The van der Waals surface area contributed by atoms with Gasteiger partial charge in [0.2, 0.25) is 0 Å². The number of urea groups is 1. The predicted molar refractivity (Wildman–Crippen MR) is 85.8 cm³/mol. The zero-order valence-corrected chi connectivity index (χ0v) is 13.8. The Labute approximate surface area is 132 Å². The molecule has 1 fully saturated rings. The molecule has 22 heavy (non-hydrogen) atoms. The quantitative estimate of drug-likeness (QED) is 0.883. The molecule has 0 bridgehead atoms. The summed E-state index contributed by atoms with van der Waals surface area (Å²) >= 11 is 0. The van der Waals surface area contributed by atoms with E-state index in [1.807, 2.05) is 13.0 Å². The van der Waals surface area contributed by atoms with Gasteiger partial charge in [-0.05, 0) is 30.0 Å². The Morgan fingerprint density at radius 2 is 2.18 bits per heavy atom. The lowest BCUT2D eigenvalue weighted by Gasteiger charge is -2.36. The fourth-order valence-electron chi connectivity index (χ4n) is 2.25. The SMILES string of the molecule is C[C@H](NC(=O)N1CCO[C@@H](c2cccc(O)c2)C1)C(C)(C)C. The van der Waals surface area contributed by atoms with Gasteiger partial charge in [-0.15, -0.1) is 0 Å². The molecule has 1 saturated heterocycles. The van der Waals surface area contributed by atoms with Crippen LogP contribution in [0, 0.1) is 5.41 Å². The number of hydrogen-bond donors (Lipinski definition) is 2. The van der Waals surface area contributed by atoms with Gasteiger partial charge in [0.15, 0.2) is 0 Å². The van der Waals surface area contributed by atoms with Gasteiger partial charge in [0.25, 0.3) is 0 Å². The number of morpholine rings is 1. The molecule has 1 aromatic rings. The Morgan fingerprint density at radius 1 is 1.45 bits per heavy atom. The van der Waals surface area contributed by atoms with E-state index in [-0.39, 0.29) is 29.3 Å². The summed E-state index contributed by atoms with van der Waals surface area (Å²) < 4.78 is 5.74. The number of rotatable bonds is 2. The minimum Gasteiger partial charge on any atom is -0.508 e. The Hall–Kier alpha value is -1.75. The van der Waals surface area contributed by atoms with Gasteiger partial charge in [-0.25, -0.2) is 4.79 Å². The molecule has 0 saturated carbocycles. The number of phenolic OH excluding ortho intramolecular Hbond substituents is 1. The van der Waals surface area contributed by atoms with Crippen LogP contribution < -0.4 is 5.32 Å². The van der Waals surface area contributed by atoms with Crippen LogP contribution in [-0.4, -0.2) is 41.8 Å². The second kappa shape index (κ2) is 6.57. The van der Waals surface area contributed by atoms with Crippen molar-refractivity contribution in [2.45, 2.75) is 39.8 Å². The van der Waals surface area contributed by atoms with E-state index in [1.54, 1.807) is 23.1 Å². The first kappa shape index (κ1) is 16.6. The van der Waals surface area contributed by atoms with E-state index in [0.29, 0.717) is 19.7 Å². The lowest BCUT2D eigenvalue weighted by Crippen LogP contribution is -2.51. The van der Waals surface area contributed by atoms with Crippen LogP contribution in [0.4, 0.5) is 4.79 Å². The first-order valence-electron chi connectivity index (χ1n) is 7.73. The molecular formula is C17H26N2O3. The zero-order chi connectivity index (χ0) is 16.3. The molecule has 2 amide bonds. The summed E-state index contributed by atoms with van der Waals surface area (Å²) in [6.45, 7) is 9.90. The number of benzene rings is 1. The third-order valence-corrected chi connectivity index (χ3v) is 4.23. The second-order valence-electron chi connectivity index (χ2n) is 6.94. The van der Waals surface area contributed by atoms with E-state index in [4.69, 9.17) is 4.74 Å². The van der Waals surface area contributed by atoms with E-state index >= 15 is 0 Å². The van der Waals surface area contributed by atoms with Crippen LogP contribution in [0.25, 0.3) is 0 Å². The molecule has 0 radical (unpaired) electrons. The van der Waals surface area contributed by atoms with Crippen molar-refractivity contribution >= 4 is 6.03 Å². The smallest absolute Gasteiger partial charge is 0.317 e. The van der Waals surface area contributed by atoms with Crippen molar-refractivity contribution in [3.63, 3.8) is 0 Å². The highest BCUT2D eigenvalue weighted by Crippen LogP contribution is 2.25. The first-order chi connectivity index (χ1) is 10.3. The molecule has 0 aliphatic carbocycles. The summed E-state index contributed by atoms with van der Waals surface area (Å²) in [4.78, 5) is 14.2. The molecule has 0 spiro atoms. The molecule has 1 aromatic carbocycles. The maximum Gasteiger partial charge on any atom is 0.317 e. The predicted octanol–water partition coefficient (Wildman–Crippen LogP) is 2.91. The van der Waals surface area contributed by atoms with Crippen LogP contribution in [-0.2, 0) is 4.74 Å². The number of aromatic hydroxyl groups is 1. The Bertz CT molecular complexity index is 525. The Balaban J connectivity index is 2.00. The van der Waals surface area contributed by atoms with E-state index in [0.717, 1.165) is 5.56 Å². The van der Waals surface area contributed by atoms with Crippen LogP contribution >= 0.6 is 0 Å². The molecule has 1 aliphatic rings. The van der Waals surface area contributed by atoms with Gasteiger partial charge in [0.1, 0.15) is 11.9 Å². The minimum atomic E-state index is -0.198.